The van der Waals surface area contributed by atoms with Gasteiger partial charge in [-0.2, -0.15) is 0 Å². The van der Waals surface area contributed by atoms with Crippen molar-refractivity contribution in [2.75, 3.05) is 13.1 Å². The fourth-order valence-electron chi connectivity index (χ4n) is 3.29. The van der Waals surface area contributed by atoms with Crippen molar-refractivity contribution in [3.05, 3.63) is 23.9 Å². The number of ether oxygens (including phenoxy) is 1. The van der Waals surface area contributed by atoms with Gasteiger partial charge < -0.3 is 20.7 Å². The van der Waals surface area contributed by atoms with E-state index in [1.54, 1.807) is 11.1 Å². The van der Waals surface area contributed by atoms with Crippen molar-refractivity contribution in [2.45, 2.75) is 44.8 Å². The third kappa shape index (κ3) is 3.96. The van der Waals surface area contributed by atoms with E-state index in [1.165, 1.54) is 12.8 Å². The van der Waals surface area contributed by atoms with E-state index in [0.717, 1.165) is 18.4 Å². The lowest BCUT2D eigenvalue weighted by atomic mass is 10.1. The highest BCUT2D eigenvalue weighted by Crippen LogP contribution is 2.25. The van der Waals surface area contributed by atoms with Crippen LogP contribution in [-0.2, 0) is 11.3 Å². The quantitative estimate of drug-likeness (QED) is 0.852. The second-order valence-corrected chi connectivity index (χ2v) is 6.48. The topological polar surface area (TPSA) is 97.6 Å². The third-order valence-electron chi connectivity index (χ3n) is 4.74. The van der Waals surface area contributed by atoms with Gasteiger partial charge in [0.25, 0.3) is 0 Å². The molecule has 0 bridgehead atoms. The molecule has 7 nitrogen and oxygen atoms in total. The maximum atomic E-state index is 12.2. The molecule has 7 heteroatoms. The molecule has 0 aromatic carbocycles. The second-order valence-electron chi connectivity index (χ2n) is 6.48. The number of likely N-dealkylation sites (tertiary alicyclic amines) is 1. The van der Waals surface area contributed by atoms with Crippen LogP contribution in [-0.4, -0.2) is 41.0 Å². The largest absolute Gasteiger partial charge is 0.474 e. The van der Waals surface area contributed by atoms with Crippen molar-refractivity contribution in [1.82, 2.24) is 15.2 Å². The van der Waals surface area contributed by atoms with E-state index in [0.29, 0.717) is 31.9 Å². The molecule has 0 unspecified atom stereocenters. The van der Waals surface area contributed by atoms with Crippen LogP contribution >= 0.6 is 0 Å². The smallest absolute Gasteiger partial charge is 0.317 e. The molecule has 3 rings (SSSR count). The summed E-state index contributed by atoms with van der Waals surface area (Å²) in [5.41, 5.74) is 6.16. The van der Waals surface area contributed by atoms with Crippen LogP contribution in [0.3, 0.4) is 0 Å². The zero-order valence-corrected chi connectivity index (χ0v) is 13.7. The molecule has 24 heavy (non-hydrogen) atoms. The first-order valence-electron chi connectivity index (χ1n) is 8.56. The van der Waals surface area contributed by atoms with Gasteiger partial charge in [0.1, 0.15) is 6.10 Å². The lowest BCUT2D eigenvalue weighted by Gasteiger charge is -2.18. The molecule has 3 N–H and O–H groups in total. The van der Waals surface area contributed by atoms with Crippen molar-refractivity contribution < 1.29 is 14.3 Å². The molecule has 1 saturated carbocycles. The van der Waals surface area contributed by atoms with Gasteiger partial charge >= 0.3 is 6.03 Å². The van der Waals surface area contributed by atoms with Gasteiger partial charge in [-0.15, -0.1) is 0 Å². The fourth-order valence-corrected chi connectivity index (χ4v) is 3.29. The van der Waals surface area contributed by atoms with Crippen LogP contribution in [0.2, 0.25) is 0 Å². The van der Waals surface area contributed by atoms with Crippen LogP contribution < -0.4 is 15.8 Å². The Balaban J connectivity index is 1.54. The number of amides is 3. The van der Waals surface area contributed by atoms with Crippen LogP contribution in [0.5, 0.6) is 5.88 Å². The number of urea groups is 1. The summed E-state index contributed by atoms with van der Waals surface area (Å²) in [7, 11) is 0. The molecule has 1 saturated heterocycles. The minimum Gasteiger partial charge on any atom is -0.474 e. The number of aromatic nitrogens is 1. The number of hydrogen-bond acceptors (Lipinski definition) is 4. The van der Waals surface area contributed by atoms with Crippen LogP contribution in [0.15, 0.2) is 18.3 Å². The number of nitrogens with one attached hydrogen (secondary N) is 1. The average molecular weight is 332 g/mol. The fraction of sp³-hybridized carbons (Fsp3) is 0.588. The number of carbonyl (C=O) groups excluding carboxylic acids is 2. The third-order valence-corrected chi connectivity index (χ3v) is 4.74. The number of hydrogen-bond donors (Lipinski definition) is 2. The minimum absolute atomic E-state index is 0.186. The molecule has 1 aliphatic carbocycles. The Labute approximate surface area is 141 Å². The Hall–Kier alpha value is -2.31. The highest BCUT2D eigenvalue weighted by Gasteiger charge is 2.29. The summed E-state index contributed by atoms with van der Waals surface area (Å²) in [6, 6.07) is 3.56. The van der Waals surface area contributed by atoms with Crippen molar-refractivity contribution in [3.8, 4) is 5.88 Å². The minimum atomic E-state index is -0.343. The van der Waals surface area contributed by atoms with Gasteiger partial charge in [0.05, 0.1) is 5.92 Å². The summed E-state index contributed by atoms with van der Waals surface area (Å²) in [4.78, 5) is 29.4. The highest BCUT2D eigenvalue weighted by atomic mass is 16.5. The Bertz CT molecular complexity index is 601. The summed E-state index contributed by atoms with van der Waals surface area (Å²) in [6.45, 7) is 1.30. The number of carbonyl (C=O) groups is 2. The Morgan fingerprint density at radius 1 is 1.33 bits per heavy atom. The summed E-state index contributed by atoms with van der Waals surface area (Å²) in [5.74, 6) is 0.0151. The van der Waals surface area contributed by atoms with Gasteiger partial charge in [-0.05, 0) is 38.2 Å². The SMILES string of the molecule is NC(=O)[C@H]1CCN(C(=O)NCc2cccnc2OC2CCCC2)C1. The Morgan fingerprint density at radius 2 is 2.12 bits per heavy atom. The van der Waals surface area contributed by atoms with Crippen LogP contribution in [0.4, 0.5) is 4.79 Å². The standard InChI is InChI=1S/C17H24N4O3/c18-15(22)13-7-9-21(11-13)17(23)20-10-12-4-3-8-19-16(12)24-14-5-1-2-6-14/h3-4,8,13-14H,1-2,5-7,9-11H2,(H2,18,22)(H,20,23)/t13-/m0/s1. The van der Waals surface area contributed by atoms with E-state index >= 15 is 0 Å². The predicted molar refractivity (Wildman–Crippen MR) is 88.2 cm³/mol. The molecule has 1 aromatic rings. The van der Waals surface area contributed by atoms with Gasteiger partial charge in [-0.3, -0.25) is 4.79 Å². The summed E-state index contributed by atoms with van der Waals surface area (Å²) in [5, 5.41) is 2.88. The van der Waals surface area contributed by atoms with Crippen molar-refractivity contribution in [2.24, 2.45) is 11.7 Å². The zero-order valence-electron chi connectivity index (χ0n) is 13.7. The molecular formula is C17H24N4O3. The Morgan fingerprint density at radius 3 is 2.83 bits per heavy atom. The maximum Gasteiger partial charge on any atom is 0.317 e. The average Bonchev–Trinajstić information content (AvgIpc) is 3.25. The van der Waals surface area contributed by atoms with Crippen molar-refractivity contribution >= 4 is 11.9 Å². The lowest BCUT2D eigenvalue weighted by molar-refractivity contribution is -0.121. The zero-order chi connectivity index (χ0) is 16.9. The first-order valence-corrected chi connectivity index (χ1v) is 8.56. The monoisotopic (exact) mass is 332 g/mol. The van der Waals surface area contributed by atoms with E-state index in [9.17, 15) is 9.59 Å². The molecule has 0 radical (unpaired) electrons. The van der Waals surface area contributed by atoms with Gasteiger partial charge in [0.15, 0.2) is 0 Å². The molecule has 2 fully saturated rings. The van der Waals surface area contributed by atoms with E-state index in [4.69, 9.17) is 10.5 Å². The first-order chi connectivity index (χ1) is 11.6. The number of pyridine rings is 1. The van der Waals surface area contributed by atoms with E-state index < -0.39 is 0 Å². The molecule has 2 aliphatic rings. The summed E-state index contributed by atoms with van der Waals surface area (Å²) >= 11 is 0. The summed E-state index contributed by atoms with van der Waals surface area (Å²) in [6.07, 6.45) is 7.07. The molecular weight excluding hydrogens is 308 g/mol. The number of primary amides is 1. The normalized spacial score (nSPS) is 21.0. The lowest BCUT2D eigenvalue weighted by Crippen LogP contribution is -2.39. The molecule has 1 aromatic heterocycles. The van der Waals surface area contributed by atoms with E-state index in [1.807, 2.05) is 12.1 Å². The van der Waals surface area contributed by atoms with Crippen LogP contribution in [0.1, 0.15) is 37.7 Å². The molecule has 1 atom stereocenters. The highest BCUT2D eigenvalue weighted by molar-refractivity contribution is 5.80. The Kier molecular flexibility index (Phi) is 5.17. The van der Waals surface area contributed by atoms with E-state index in [-0.39, 0.29) is 24.0 Å². The van der Waals surface area contributed by atoms with Gasteiger partial charge in [-0.25, -0.2) is 9.78 Å². The first kappa shape index (κ1) is 16.5. The van der Waals surface area contributed by atoms with Gasteiger partial charge in [-0.1, -0.05) is 6.07 Å². The summed E-state index contributed by atoms with van der Waals surface area (Å²) < 4.78 is 5.98. The number of nitrogens with two attached hydrogens (primary N) is 1. The van der Waals surface area contributed by atoms with Gasteiger partial charge in [0, 0.05) is 31.4 Å². The molecule has 1 aliphatic heterocycles. The number of nitrogens with zero attached hydrogens (tertiary/aromatic N) is 2. The van der Waals surface area contributed by atoms with Crippen molar-refractivity contribution in [1.29, 1.82) is 0 Å². The second kappa shape index (κ2) is 7.51. The number of rotatable bonds is 5. The molecule has 0 spiro atoms. The van der Waals surface area contributed by atoms with Crippen LogP contribution in [0.25, 0.3) is 0 Å². The predicted octanol–water partition coefficient (Wildman–Crippen LogP) is 1.42. The van der Waals surface area contributed by atoms with Crippen LogP contribution in [0, 0.1) is 5.92 Å². The van der Waals surface area contributed by atoms with Crippen molar-refractivity contribution in [3.63, 3.8) is 0 Å². The molecule has 2 heterocycles. The van der Waals surface area contributed by atoms with Gasteiger partial charge in [0.2, 0.25) is 11.8 Å². The van der Waals surface area contributed by atoms with E-state index in [2.05, 4.69) is 10.3 Å². The maximum absolute atomic E-state index is 12.2. The molecule has 130 valence electrons. The molecule has 3 amide bonds.